The molecule has 1 amide bonds. The molecule has 4 rings (SSSR count). The van der Waals surface area contributed by atoms with Crippen molar-refractivity contribution in [3.8, 4) is 5.69 Å². The fourth-order valence-electron chi connectivity index (χ4n) is 3.40. The van der Waals surface area contributed by atoms with Gasteiger partial charge in [-0.1, -0.05) is 73.4 Å². The van der Waals surface area contributed by atoms with E-state index in [4.69, 9.17) is 34.8 Å². The molecule has 8 nitrogen and oxygen atoms in total. The summed E-state index contributed by atoms with van der Waals surface area (Å²) in [6.07, 6.45) is 0. The minimum absolute atomic E-state index is 0.00858. The molecule has 0 atom stereocenters. The molecule has 1 N–H and O–H groups in total. The number of hydrogen-bond donors (Lipinski definition) is 1. The van der Waals surface area contributed by atoms with E-state index in [1.807, 2.05) is 18.2 Å². The van der Waals surface area contributed by atoms with Crippen molar-refractivity contribution in [1.82, 2.24) is 20.2 Å². The van der Waals surface area contributed by atoms with Gasteiger partial charge in [-0.25, -0.2) is 8.42 Å². The van der Waals surface area contributed by atoms with Crippen LogP contribution in [-0.2, 0) is 20.0 Å². The minimum atomic E-state index is -3.80. The van der Waals surface area contributed by atoms with Gasteiger partial charge in [-0.2, -0.15) is 4.68 Å². The van der Waals surface area contributed by atoms with Crippen LogP contribution >= 0.6 is 46.6 Å². The van der Waals surface area contributed by atoms with Crippen LogP contribution < -0.4 is 5.32 Å². The maximum Gasteiger partial charge on any atom is 0.234 e. The molecule has 0 fully saturated rings. The second-order valence-corrected chi connectivity index (χ2v) is 13.4. The molecule has 4 aromatic rings. The highest BCUT2D eigenvalue weighted by molar-refractivity contribution is 7.99. The number of nitrogens with one attached hydrogen (secondary N) is 1. The van der Waals surface area contributed by atoms with Gasteiger partial charge in [0.15, 0.2) is 0 Å². The van der Waals surface area contributed by atoms with Gasteiger partial charge in [0.1, 0.15) is 0 Å². The molecule has 0 radical (unpaired) electrons. The van der Waals surface area contributed by atoms with Crippen LogP contribution in [0.25, 0.3) is 5.69 Å². The largest absolute Gasteiger partial charge is 0.324 e. The fourth-order valence-corrected chi connectivity index (χ4v) is 6.05. The molecule has 1 heterocycles. The van der Waals surface area contributed by atoms with Crippen molar-refractivity contribution < 1.29 is 13.2 Å². The summed E-state index contributed by atoms with van der Waals surface area (Å²) in [5.74, 6) is -0.409. The number of anilines is 1. The van der Waals surface area contributed by atoms with Crippen molar-refractivity contribution >= 4 is 68.0 Å². The predicted molar refractivity (Wildman–Crippen MR) is 151 cm³/mol. The number of halogens is 3. The summed E-state index contributed by atoms with van der Waals surface area (Å²) < 4.78 is 27.2. The first-order valence-electron chi connectivity index (χ1n) is 11.2. The van der Waals surface area contributed by atoms with Crippen LogP contribution in [0.3, 0.4) is 0 Å². The first-order valence-corrected chi connectivity index (χ1v) is 14.8. The average molecular weight is 611 g/mol. The third-order valence-electron chi connectivity index (χ3n) is 5.46. The Kier molecular flexibility index (Phi) is 8.39. The topological polar surface area (TPSA) is 107 Å². The van der Waals surface area contributed by atoms with Crippen molar-refractivity contribution in [2.24, 2.45) is 0 Å². The first-order chi connectivity index (χ1) is 17.9. The molecule has 0 saturated carbocycles. The van der Waals surface area contributed by atoms with E-state index >= 15 is 0 Å². The van der Waals surface area contributed by atoms with Gasteiger partial charge in [-0.3, -0.25) is 4.79 Å². The molecule has 198 valence electrons. The summed E-state index contributed by atoms with van der Waals surface area (Å²) in [6, 6.07) is 15.6. The van der Waals surface area contributed by atoms with Gasteiger partial charge in [0.25, 0.3) is 0 Å². The van der Waals surface area contributed by atoms with E-state index in [0.29, 0.717) is 20.9 Å². The maximum atomic E-state index is 12.9. The van der Waals surface area contributed by atoms with Crippen molar-refractivity contribution in [2.45, 2.75) is 41.1 Å². The lowest BCUT2D eigenvalue weighted by atomic mass is 9.87. The molecule has 3 aromatic carbocycles. The normalized spacial score (nSPS) is 11.9. The van der Waals surface area contributed by atoms with Gasteiger partial charge in [0.2, 0.25) is 20.9 Å². The van der Waals surface area contributed by atoms with Crippen molar-refractivity contribution in [1.29, 1.82) is 0 Å². The van der Waals surface area contributed by atoms with E-state index in [0.717, 1.165) is 17.3 Å². The van der Waals surface area contributed by atoms with Crippen LogP contribution in [-0.4, -0.2) is 40.3 Å². The smallest absolute Gasteiger partial charge is 0.234 e. The van der Waals surface area contributed by atoms with Crippen molar-refractivity contribution in [2.75, 3.05) is 11.1 Å². The third kappa shape index (κ3) is 6.32. The van der Waals surface area contributed by atoms with Gasteiger partial charge in [0.05, 0.1) is 37.0 Å². The number of carbonyl (C=O) groups is 1. The highest BCUT2D eigenvalue weighted by Crippen LogP contribution is 2.31. The van der Waals surface area contributed by atoms with E-state index in [2.05, 4.69) is 41.6 Å². The molecule has 0 spiro atoms. The molecule has 38 heavy (non-hydrogen) atoms. The lowest BCUT2D eigenvalue weighted by molar-refractivity contribution is -0.113. The number of amides is 1. The Morgan fingerprint density at radius 3 is 2.26 bits per heavy atom. The number of nitrogens with zero attached hydrogens (tertiary/aromatic N) is 4. The van der Waals surface area contributed by atoms with E-state index < -0.39 is 9.84 Å². The van der Waals surface area contributed by atoms with Crippen LogP contribution in [0.5, 0.6) is 0 Å². The van der Waals surface area contributed by atoms with Crippen LogP contribution in [0.2, 0.25) is 15.1 Å². The molecule has 0 unspecified atom stereocenters. The number of sulfone groups is 1. The number of benzene rings is 3. The summed E-state index contributed by atoms with van der Waals surface area (Å²) >= 11 is 19.8. The van der Waals surface area contributed by atoms with Crippen molar-refractivity contribution in [3.05, 3.63) is 81.3 Å². The zero-order valence-electron chi connectivity index (χ0n) is 20.4. The molecule has 1 aromatic heterocycles. The number of thioether (sulfide) groups is 1. The number of hydrogen-bond acceptors (Lipinski definition) is 7. The van der Waals surface area contributed by atoms with Gasteiger partial charge < -0.3 is 5.32 Å². The summed E-state index contributed by atoms with van der Waals surface area (Å²) in [4.78, 5) is 12.7. The van der Waals surface area contributed by atoms with E-state index in [1.54, 1.807) is 0 Å². The lowest BCUT2D eigenvalue weighted by Crippen LogP contribution is -2.15. The first kappa shape index (κ1) is 28.4. The monoisotopic (exact) mass is 609 g/mol. The Balaban J connectivity index is 1.44. The molecule has 13 heteroatoms. The number of tetrazole rings is 1. The Bertz CT molecular complexity index is 1600. The Labute approximate surface area is 239 Å². The standard InChI is InChI=1S/C25H22Cl3N5O3S2/c1-25(2,3)15-4-11-22(20(28)12-15)33-24(30-31-32-33)37-14-23(34)29-21-10-9-18(13-19(21)27)38(35,36)17-7-5-16(26)6-8-17/h4-13H,14H2,1-3H3,(H,29,34). The van der Waals surface area contributed by atoms with Crippen LogP contribution in [0.15, 0.2) is 75.6 Å². The second-order valence-electron chi connectivity index (χ2n) is 9.23. The minimum Gasteiger partial charge on any atom is -0.324 e. The Morgan fingerprint density at radius 2 is 1.63 bits per heavy atom. The molecule has 0 saturated heterocycles. The molecular formula is C25H22Cl3N5O3S2. The number of aromatic nitrogens is 4. The van der Waals surface area contributed by atoms with Crippen LogP contribution in [0.4, 0.5) is 5.69 Å². The lowest BCUT2D eigenvalue weighted by Gasteiger charge is -2.20. The molecular weight excluding hydrogens is 589 g/mol. The SMILES string of the molecule is CC(C)(C)c1ccc(-n2nnnc2SCC(=O)Nc2ccc(S(=O)(=O)c3ccc(Cl)cc3)cc2Cl)c(Cl)c1. The third-order valence-corrected chi connectivity index (χ3v) is 9.02. The van der Waals surface area contributed by atoms with E-state index in [1.165, 1.54) is 47.1 Å². The summed E-state index contributed by atoms with van der Waals surface area (Å²) in [6.45, 7) is 6.27. The van der Waals surface area contributed by atoms with Crippen molar-refractivity contribution in [3.63, 3.8) is 0 Å². The predicted octanol–water partition coefficient (Wildman–Crippen LogP) is 6.48. The maximum absolute atomic E-state index is 12.9. The van der Waals surface area contributed by atoms with Gasteiger partial charge in [-0.05, 0) is 76.0 Å². The quantitative estimate of drug-likeness (QED) is 0.239. The zero-order chi connectivity index (χ0) is 27.7. The Hall–Kier alpha value is -2.63. The average Bonchev–Trinajstić information content (AvgIpc) is 3.32. The highest BCUT2D eigenvalue weighted by Gasteiger charge is 2.21. The van der Waals surface area contributed by atoms with Crippen LogP contribution in [0, 0.1) is 0 Å². The highest BCUT2D eigenvalue weighted by atomic mass is 35.5. The molecule has 0 bridgehead atoms. The van der Waals surface area contributed by atoms with E-state index in [9.17, 15) is 13.2 Å². The Morgan fingerprint density at radius 1 is 0.947 bits per heavy atom. The van der Waals surface area contributed by atoms with Crippen LogP contribution in [0.1, 0.15) is 26.3 Å². The zero-order valence-corrected chi connectivity index (χ0v) is 24.3. The molecule has 0 aliphatic carbocycles. The van der Waals surface area contributed by atoms with Gasteiger partial charge in [0, 0.05) is 5.02 Å². The molecule has 0 aliphatic heterocycles. The second kappa shape index (κ2) is 11.2. The fraction of sp³-hybridized carbons (Fsp3) is 0.200. The van der Waals surface area contributed by atoms with E-state index in [-0.39, 0.29) is 37.6 Å². The summed E-state index contributed by atoms with van der Waals surface area (Å²) in [7, 11) is -3.80. The molecule has 0 aliphatic rings. The van der Waals surface area contributed by atoms with Gasteiger partial charge >= 0.3 is 0 Å². The number of carbonyl (C=O) groups excluding carboxylic acids is 1. The summed E-state index contributed by atoms with van der Waals surface area (Å²) in [5.41, 5.74) is 1.86. The van der Waals surface area contributed by atoms with Gasteiger partial charge in [-0.15, -0.1) is 5.10 Å². The number of rotatable bonds is 7. The summed E-state index contributed by atoms with van der Waals surface area (Å²) in [5, 5.41) is 15.8.